The molecule has 2 heterocycles. The average Bonchev–Trinajstić information content (AvgIpc) is 2.95. The van der Waals surface area contributed by atoms with Crippen LogP contribution in [0.5, 0.6) is 5.75 Å². The van der Waals surface area contributed by atoms with E-state index in [-0.39, 0.29) is 18.3 Å². The third-order valence-corrected chi connectivity index (χ3v) is 3.22. The molecule has 8 heteroatoms. The number of hydrogen-bond donors (Lipinski definition) is 0. The summed E-state index contributed by atoms with van der Waals surface area (Å²) in [5.41, 5.74) is 0. The molecule has 6 nitrogen and oxygen atoms in total. The molecule has 21 heavy (non-hydrogen) atoms. The van der Waals surface area contributed by atoms with Gasteiger partial charge in [0.05, 0.1) is 13.1 Å². The number of aromatic nitrogens is 3. The molecule has 0 spiro atoms. The second-order valence-corrected chi connectivity index (χ2v) is 4.58. The SMILES string of the molecule is O=C(COc1ccc(F)c(F)c1)N1CCn2ncnc2C1. The van der Waals surface area contributed by atoms with Crippen LogP contribution in [-0.2, 0) is 17.9 Å². The monoisotopic (exact) mass is 294 g/mol. The second kappa shape index (κ2) is 5.47. The molecule has 110 valence electrons. The lowest BCUT2D eigenvalue weighted by molar-refractivity contribution is -0.135. The van der Waals surface area contributed by atoms with E-state index in [0.29, 0.717) is 25.5 Å². The summed E-state index contributed by atoms with van der Waals surface area (Å²) in [6, 6.07) is 3.15. The molecule has 0 fully saturated rings. The second-order valence-electron chi connectivity index (χ2n) is 4.58. The molecule has 0 radical (unpaired) electrons. The van der Waals surface area contributed by atoms with Gasteiger partial charge in [0.1, 0.15) is 17.9 Å². The van der Waals surface area contributed by atoms with Crippen molar-refractivity contribution >= 4 is 5.91 Å². The van der Waals surface area contributed by atoms with Gasteiger partial charge in [-0.25, -0.2) is 18.4 Å². The predicted molar refractivity (Wildman–Crippen MR) is 67.3 cm³/mol. The number of carbonyl (C=O) groups excluding carboxylic acids is 1. The van der Waals surface area contributed by atoms with Gasteiger partial charge in [0, 0.05) is 12.6 Å². The van der Waals surface area contributed by atoms with Crippen molar-refractivity contribution in [1.29, 1.82) is 0 Å². The lowest BCUT2D eigenvalue weighted by Gasteiger charge is -2.26. The molecule has 3 rings (SSSR count). The average molecular weight is 294 g/mol. The standard InChI is InChI=1S/C13H12F2N4O2/c14-10-2-1-9(5-11(10)15)21-7-13(20)18-3-4-19-12(6-18)16-8-17-19/h1-2,5,8H,3-4,6-7H2. The third kappa shape index (κ3) is 2.83. The number of rotatable bonds is 3. The maximum absolute atomic E-state index is 13.0. The summed E-state index contributed by atoms with van der Waals surface area (Å²) in [7, 11) is 0. The molecule has 1 aliphatic heterocycles. The topological polar surface area (TPSA) is 60.2 Å². The minimum atomic E-state index is -1.01. The molecule has 1 amide bonds. The number of carbonyl (C=O) groups is 1. The van der Waals surface area contributed by atoms with Gasteiger partial charge in [-0.2, -0.15) is 5.10 Å². The number of ether oxygens (including phenoxy) is 1. The van der Waals surface area contributed by atoms with Crippen molar-refractivity contribution in [3.05, 3.63) is 42.0 Å². The Bertz CT molecular complexity index is 674. The van der Waals surface area contributed by atoms with Gasteiger partial charge in [-0.15, -0.1) is 0 Å². The van der Waals surface area contributed by atoms with Gasteiger partial charge in [0.15, 0.2) is 18.2 Å². The van der Waals surface area contributed by atoms with Crippen LogP contribution in [0.25, 0.3) is 0 Å². The smallest absolute Gasteiger partial charge is 0.260 e. The van der Waals surface area contributed by atoms with E-state index in [1.807, 2.05) is 0 Å². The minimum absolute atomic E-state index is 0.113. The molecule has 0 saturated heterocycles. The molecule has 1 aromatic heterocycles. The lowest BCUT2D eigenvalue weighted by atomic mass is 10.3. The Morgan fingerprint density at radius 2 is 2.14 bits per heavy atom. The fourth-order valence-electron chi connectivity index (χ4n) is 2.08. The zero-order chi connectivity index (χ0) is 14.8. The van der Waals surface area contributed by atoms with Gasteiger partial charge in [-0.3, -0.25) is 4.79 Å². The number of amides is 1. The van der Waals surface area contributed by atoms with Crippen molar-refractivity contribution in [2.24, 2.45) is 0 Å². The summed E-state index contributed by atoms with van der Waals surface area (Å²) in [5, 5.41) is 4.02. The lowest BCUT2D eigenvalue weighted by Crippen LogP contribution is -2.41. The molecule has 0 unspecified atom stereocenters. The maximum Gasteiger partial charge on any atom is 0.260 e. The van der Waals surface area contributed by atoms with Crippen molar-refractivity contribution < 1.29 is 18.3 Å². The first-order valence-corrected chi connectivity index (χ1v) is 6.36. The maximum atomic E-state index is 13.0. The van der Waals surface area contributed by atoms with Crippen molar-refractivity contribution in [1.82, 2.24) is 19.7 Å². The summed E-state index contributed by atoms with van der Waals surface area (Å²) in [4.78, 5) is 17.7. The molecule has 1 aliphatic rings. The Hall–Kier alpha value is -2.51. The first kappa shape index (κ1) is 13.5. The number of fused-ring (bicyclic) bond motifs is 1. The van der Waals surface area contributed by atoms with Crippen LogP contribution in [0.15, 0.2) is 24.5 Å². The Kier molecular flexibility index (Phi) is 3.51. The molecular weight excluding hydrogens is 282 g/mol. The van der Waals surface area contributed by atoms with Crippen LogP contribution in [0.3, 0.4) is 0 Å². The molecule has 0 aliphatic carbocycles. The van der Waals surface area contributed by atoms with E-state index < -0.39 is 11.6 Å². The van der Waals surface area contributed by atoms with Gasteiger partial charge < -0.3 is 9.64 Å². The van der Waals surface area contributed by atoms with Gasteiger partial charge >= 0.3 is 0 Å². The van der Waals surface area contributed by atoms with E-state index >= 15 is 0 Å². The van der Waals surface area contributed by atoms with Crippen molar-refractivity contribution in [2.45, 2.75) is 13.1 Å². The Morgan fingerprint density at radius 1 is 1.29 bits per heavy atom. The van der Waals surface area contributed by atoms with Gasteiger partial charge in [0.2, 0.25) is 0 Å². The predicted octanol–water partition coefficient (Wildman–Crippen LogP) is 0.978. The zero-order valence-electron chi connectivity index (χ0n) is 11.0. The highest BCUT2D eigenvalue weighted by Crippen LogP contribution is 2.16. The van der Waals surface area contributed by atoms with Crippen LogP contribution in [0.2, 0.25) is 0 Å². The van der Waals surface area contributed by atoms with Crippen molar-refractivity contribution in [2.75, 3.05) is 13.2 Å². The molecule has 0 saturated carbocycles. The highest BCUT2D eigenvalue weighted by atomic mass is 19.2. The van der Waals surface area contributed by atoms with Crippen LogP contribution < -0.4 is 4.74 Å². The molecular formula is C13H12F2N4O2. The highest BCUT2D eigenvalue weighted by Gasteiger charge is 2.22. The largest absolute Gasteiger partial charge is 0.484 e. The van der Waals surface area contributed by atoms with Crippen LogP contribution in [0, 0.1) is 11.6 Å². The highest BCUT2D eigenvalue weighted by molar-refractivity contribution is 5.77. The summed E-state index contributed by atoms with van der Waals surface area (Å²) in [6.45, 7) is 1.21. The number of hydrogen-bond acceptors (Lipinski definition) is 4. The minimum Gasteiger partial charge on any atom is -0.484 e. The zero-order valence-corrected chi connectivity index (χ0v) is 11.0. The van der Waals surface area contributed by atoms with E-state index in [9.17, 15) is 13.6 Å². The quantitative estimate of drug-likeness (QED) is 0.846. The van der Waals surface area contributed by atoms with Crippen LogP contribution in [0.1, 0.15) is 5.82 Å². The summed E-state index contributed by atoms with van der Waals surface area (Å²) < 4.78 is 32.7. The Balaban J connectivity index is 1.58. The van der Waals surface area contributed by atoms with E-state index in [4.69, 9.17) is 4.74 Å². The Labute approximate surface area is 119 Å². The summed E-state index contributed by atoms with van der Waals surface area (Å²) in [6.07, 6.45) is 1.45. The normalized spacial score (nSPS) is 13.9. The summed E-state index contributed by atoms with van der Waals surface area (Å²) in [5.74, 6) is -1.38. The molecule has 0 atom stereocenters. The van der Waals surface area contributed by atoms with Gasteiger partial charge in [-0.1, -0.05) is 0 Å². The fraction of sp³-hybridized carbons (Fsp3) is 0.308. The van der Waals surface area contributed by atoms with E-state index in [0.717, 1.165) is 12.1 Å². The number of nitrogens with zero attached hydrogens (tertiary/aromatic N) is 4. The van der Waals surface area contributed by atoms with Gasteiger partial charge in [-0.05, 0) is 12.1 Å². The van der Waals surface area contributed by atoms with Crippen LogP contribution in [-0.4, -0.2) is 38.7 Å². The molecule has 2 aromatic rings. The summed E-state index contributed by atoms with van der Waals surface area (Å²) >= 11 is 0. The van der Waals surface area contributed by atoms with E-state index in [1.54, 1.807) is 9.58 Å². The Morgan fingerprint density at radius 3 is 2.95 bits per heavy atom. The molecule has 0 bridgehead atoms. The van der Waals surface area contributed by atoms with E-state index in [1.165, 1.54) is 12.4 Å². The van der Waals surface area contributed by atoms with Crippen molar-refractivity contribution in [3.8, 4) is 5.75 Å². The van der Waals surface area contributed by atoms with Crippen LogP contribution >= 0.6 is 0 Å². The van der Waals surface area contributed by atoms with Gasteiger partial charge in [0.25, 0.3) is 5.91 Å². The van der Waals surface area contributed by atoms with E-state index in [2.05, 4.69) is 10.1 Å². The van der Waals surface area contributed by atoms with Crippen molar-refractivity contribution in [3.63, 3.8) is 0 Å². The third-order valence-electron chi connectivity index (χ3n) is 3.22. The fourth-order valence-corrected chi connectivity index (χ4v) is 2.08. The molecule has 0 N–H and O–H groups in total. The first-order chi connectivity index (χ1) is 10.1. The molecule has 1 aromatic carbocycles. The number of benzene rings is 1. The van der Waals surface area contributed by atoms with Crippen LogP contribution in [0.4, 0.5) is 8.78 Å². The first-order valence-electron chi connectivity index (χ1n) is 6.36. The number of halogens is 2.